The van der Waals surface area contributed by atoms with Gasteiger partial charge in [0.25, 0.3) is 0 Å². The van der Waals surface area contributed by atoms with Gasteiger partial charge in [0, 0.05) is 12.6 Å². The number of hydrogen-bond donors (Lipinski definition) is 2. The Bertz CT molecular complexity index is 264. The van der Waals surface area contributed by atoms with Crippen molar-refractivity contribution in [3.8, 4) is 0 Å². The van der Waals surface area contributed by atoms with Crippen molar-refractivity contribution in [3.63, 3.8) is 0 Å². The Morgan fingerprint density at radius 1 is 1.44 bits per heavy atom. The van der Waals surface area contributed by atoms with Gasteiger partial charge in [-0.25, -0.2) is 0 Å². The van der Waals surface area contributed by atoms with Crippen molar-refractivity contribution >= 4 is 11.8 Å². The molecule has 0 aromatic heterocycles. The largest absolute Gasteiger partial charge is 0.395 e. The monoisotopic (exact) mass is 228 g/mol. The van der Waals surface area contributed by atoms with Gasteiger partial charge in [0.05, 0.1) is 19.1 Å². The third kappa shape index (κ3) is 2.80. The number of hydrogen-bond acceptors (Lipinski definition) is 4. The fourth-order valence-electron chi connectivity index (χ4n) is 2.27. The van der Waals surface area contributed by atoms with Crippen molar-refractivity contribution in [3.05, 3.63) is 0 Å². The Labute approximate surface area is 95.8 Å². The average molecular weight is 228 g/mol. The Hall–Kier alpha value is -0.940. The summed E-state index contributed by atoms with van der Waals surface area (Å²) in [5.41, 5.74) is 0. The maximum absolute atomic E-state index is 11.6. The highest BCUT2D eigenvalue weighted by Crippen LogP contribution is 2.17. The zero-order chi connectivity index (χ0) is 12.1. The molecule has 0 bridgehead atoms. The van der Waals surface area contributed by atoms with E-state index in [1.165, 1.54) is 0 Å². The van der Waals surface area contributed by atoms with Gasteiger partial charge in [-0.15, -0.1) is 0 Å². The van der Waals surface area contributed by atoms with Crippen LogP contribution in [0.15, 0.2) is 0 Å². The van der Waals surface area contributed by atoms with Gasteiger partial charge in [-0.2, -0.15) is 0 Å². The molecule has 0 aromatic rings. The number of rotatable bonds is 6. The van der Waals surface area contributed by atoms with Gasteiger partial charge in [0.15, 0.2) is 0 Å². The second-order valence-electron chi connectivity index (χ2n) is 4.06. The first-order valence-electron chi connectivity index (χ1n) is 5.84. The standard InChI is InChI=1S/C11H20N2O3/c1-3-8(4-2)13(5-6-14)9-7-10(15)12-11(9)16/h8-9,14H,3-7H2,1-2H3,(H,12,15,16). The molecule has 1 unspecified atom stereocenters. The maximum atomic E-state index is 11.6. The molecule has 0 aliphatic carbocycles. The molecule has 0 radical (unpaired) electrons. The molecule has 0 saturated carbocycles. The highest BCUT2D eigenvalue weighted by molar-refractivity contribution is 6.05. The third-order valence-electron chi connectivity index (χ3n) is 3.11. The summed E-state index contributed by atoms with van der Waals surface area (Å²) in [6.45, 7) is 4.55. The van der Waals surface area contributed by atoms with Crippen LogP contribution in [0.25, 0.3) is 0 Å². The summed E-state index contributed by atoms with van der Waals surface area (Å²) in [6.07, 6.45) is 2.04. The van der Waals surface area contributed by atoms with E-state index in [0.29, 0.717) is 6.54 Å². The number of nitrogens with zero attached hydrogens (tertiary/aromatic N) is 1. The van der Waals surface area contributed by atoms with Crippen LogP contribution in [0, 0.1) is 0 Å². The van der Waals surface area contributed by atoms with Crippen LogP contribution in [0.4, 0.5) is 0 Å². The third-order valence-corrected chi connectivity index (χ3v) is 3.11. The first-order chi connectivity index (χ1) is 7.63. The molecule has 1 atom stereocenters. The fourth-order valence-corrected chi connectivity index (χ4v) is 2.27. The zero-order valence-electron chi connectivity index (χ0n) is 9.90. The first kappa shape index (κ1) is 13.1. The number of aliphatic hydroxyl groups excluding tert-OH is 1. The second-order valence-corrected chi connectivity index (χ2v) is 4.06. The average Bonchev–Trinajstić information content (AvgIpc) is 2.58. The lowest BCUT2D eigenvalue weighted by molar-refractivity contribution is -0.126. The predicted molar refractivity (Wildman–Crippen MR) is 59.7 cm³/mol. The Morgan fingerprint density at radius 3 is 2.44 bits per heavy atom. The fraction of sp³-hybridized carbons (Fsp3) is 0.818. The van der Waals surface area contributed by atoms with Gasteiger partial charge in [-0.05, 0) is 12.8 Å². The first-order valence-corrected chi connectivity index (χ1v) is 5.84. The minimum atomic E-state index is -0.399. The normalized spacial score (nSPS) is 20.9. The van der Waals surface area contributed by atoms with Crippen LogP contribution in [-0.2, 0) is 9.59 Å². The molecule has 1 saturated heterocycles. The minimum Gasteiger partial charge on any atom is -0.395 e. The molecular weight excluding hydrogens is 208 g/mol. The van der Waals surface area contributed by atoms with E-state index in [4.69, 9.17) is 5.11 Å². The van der Waals surface area contributed by atoms with E-state index in [0.717, 1.165) is 12.8 Å². The van der Waals surface area contributed by atoms with Crippen LogP contribution in [0.3, 0.4) is 0 Å². The van der Waals surface area contributed by atoms with E-state index in [2.05, 4.69) is 5.32 Å². The van der Waals surface area contributed by atoms with Crippen LogP contribution in [0.1, 0.15) is 33.1 Å². The van der Waals surface area contributed by atoms with Crippen LogP contribution in [0.5, 0.6) is 0 Å². The predicted octanol–water partition coefficient (Wildman–Crippen LogP) is -0.116. The molecule has 1 rings (SSSR count). The van der Waals surface area contributed by atoms with E-state index in [-0.39, 0.29) is 30.9 Å². The highest BCUT2D eigenvalue weighted by Gasteiger charge is 2.37. The van der Waals surface area contributed by atoms with Crippen molar-refractivity contribution in [1.82, 2.24) is 10.2 Å². The lowest BCUT2D eigenvalue weighted by atomic mass is 10.1. The number of nitrogens with one attached hydrogen (secondary N) is 1. The van der Waals surface area contributed by atoms with Crippen molar-refractivity contribution in [2.75, 3.05) is 13.2 Å². The molecule has 16 heavy (non-hydrogen) atoms. The molecule has 5 nitrogen and oxygen atoms in total. The summed E-state index contributed by atoms with van der Waals surface area (Å²) in [7, 11) is 0. The molecule has 2 amide bonds. The van der Waals surface area contributed by atoms with Gasteiger partial charge in [-0.1, -0.05) is 13.8 Å². The number of aliphatic hydroxyl groups is 1. The molecule has 1 aliphatic heterocycles. The Balaban J connectivity index is 2.76. The van der Waals surface area contributed by atoms with Crippen LogP contribution < -0.4 is 5.32 Å². The van der Waals surface area contributed by atoms with Gasteiger partial charge in [-0.3, -0.25) is 19.8 Å². The summed E-state index contributed by atoms with van der Waals surface area (Å²) in [4.78, 5) is 24.7. The summed E-state index contributed by atoms with van der Waals surface area (Å²) >= 11 is 0. The van der Waals surface area contributed by atoms with Crippen molar-refractivity contribution < 1.29 is 14.7 Å². The number of imide groups is 1. The van der Waals surface area contributed by atoms with Gasteiger partial charge in [0.1, 0.15) is 0 Å². The lowest BCUT2D eigenvalue weighted by Crippen LogP contribution is -2.47. The zero-order valence-corrected chi connectivity index (χ0v) is 9.90. The molecule has 1 aliphatic rings. The van der Waals surface area contributed by atoms with E-state index in [9.17, 15) is 9.59 Å². The smallest absolute Gasteiger partial charge is 0.244 e. The number of amides is 2. The molecule has 2 N–H and O–H groups in total. The van der Waals surface area contributed by atoms with E-state index >= 15 is 0 Å². The molecule has 1 fully saturated rings. The number of carbonyl (C=O) groups excluding carboxylic acids is 2. The second kappa shape index (κ2) is 5.96. The van der Waals surface area contributed by atoms with E-state index in [1.54, 1.807) is 0 Å². The molecule has 0 aromatic carbocycles. The summed E-state index contributed by atoms with van der Waals surface area (Å²) in [5.74, 6) is -0.450. The van der Waals surface area contributed by atoms with Crippen LogP contribution in [-0.4, -0.2) is 47.1 Å². The summed E-state index contributed by atoms with van der Waals surface area (Å²) in [5, 5.41) is 11.3. The molecule has 1 heterocycles. The molecule has 92 valence electrons. The van der Waals surface area contributed by atoms with Gasteiger partial charge in [0.2, 0.25) is 11.8 Å². The highest BCUT2D eigenvalue weighted by atomic mass is 16.3. The van der Waals surface area contributed by atoms with Crippen molar-refractivity contribution in [2.24, 2.45) is 0 Å². The molecule has 0 spiro atoms. The topological polar surface area (TPSA) is 69.6 Å². The quantitative estimate of drug-likeness (QED) is 0.622. The van der Waals surface area contributed by atoms with Gasteiger partial charge >= 0.3 is 0 Å². The Morgan fingerprint density at radius 2 is 2.06 bits per heavy atom. The van der Waals surface area contributed by atoms with E-state index < -0.39 is 6.04 Å². The number of carbonyl (C=O) groups is 2. The minimum absolute atomic E-state index is 0.00840. The lowest BCUT2D eigenvalue weighted by Gasteiger charge is -2.33. The Kier molecular flexibility index (Phi) is 4.89. The van der Waals surface area contributed by atoms with Crippen LogP contribution >= 0.6 is 0 Å². The SMILES string of the molecule is CCC(CC)N(CCO)C1CC(=O)NC1=O. The molecule has 5 heteroatoms. The summed E-state index contributed by atoms with van der Waals surface area (Å²) < 4.78 is 0. The van der Waals surface area contributed by atoms with Crippen molar-refractivity contribution in [2.45, 2.75) is 45.2 Å². The maximum Gasteiger partial charge on any atom is 0.244 e. The van der Waals surface area contributed by atoms with E-state index in [1.807, 2.05) is 18.7 Å². The van der Waals surface area contributed by atoms with Crippen molar-refractivity contribution in [1.29, 1.82) is 0 Å². The van der Waals surface area contributed by atoms with Gasteiger partial charge < -0.3 is 5.11 Å². The summed E-state index contributed by atoms with van der Waals surface area (Å²) in [6, 6.07) is -0.154. The molecular formula is C11H20N2O3. The van der Waals surface area contributed by atoms with Crippen LogP contribution in [0.2, 0.25) is 0 Å².